The maximum atomic E-state index is 10.8. The molecule has 0 aromatic heterocycles. The van der Waals surface area contributed by atoms with Gasteiger partial charge in [0.25, 0.3) is 0 Å². The molecule has 0 fully saturated rings. The third-order valence-electron chi connectivity index (χ3n) is 1.72. The highest BCUT2D eigenvalue weighted by atomic mass is 32.2. The van der Waals surface area contributed by atoms with Gasteiger partial charge in [-0.05, 0) is 23.5 Å². The minimum absolute atomic E-state index is 0.279. The first-order chi connectivity index (χ1) is 7.22. The molecule has 0 amide bonds. The molecule has 0 heterocycles. The molecule has 1 unspecified atom stereocenters. The number of carboxylic acid groups (broad SMARTS) is 1. The van der Waals surface area contributed by atoms with Crippen LogP contribution in [0.4, 0.5) is 0 Å². The van der Waals surface area contributed by atoms with Crippen molar-refractivity contribution in [3.63, 3.8) is 0 Å². The minimum atomic E-state index is -0.854. The number of carbonyl (C=O) groups is 1. The molecule has 0 aromatic rings. The van der Waals surface area contributed by atoms with Crippen LogP contribution >= 0.6 is 11.8 Å². The second-order valence-electron chi connectivity index (χ2n) is 2.79. The predicted molar refractivity (Wildman–Crippen MR) is 61.1 cm³/mol. The highest BCUT2D eigenvalue weighted by Crippen LogP contribution is 2.04. The van der Waals surface area contributed by atoms with Gasteiger partial charge in [0.1, 0.15) is 6.04 Å². The quantitative estimate of drug-likeness (QED) is 0.272. The SMILES string of the molecule is CCSCCC(NCCN=[N+]=[N-])C(=O)O. The van der Waals surface area contributed by atoms with Gasteiger partial charge in [-0.25, -0.2) is 0 Å². The van der Waals surface area contributed by atoms with E-state index in [0.29, 0.717) is 13.0 Å². The summed E-state index contributed by atoms with van der Waals surface area (Å²) in [5, 5.41) is 15.0. The van der Waals surface area contributed by atoms with Gasteiger partial charge in [-0.1, -0.05) is 12.0 Å². The standard InChI is InChI=1S/C8H16N4O2S/c1-2-15-6-3-7(8(13)14)10-4-5-11-12-9/h7,10H,2-6H2,1H3,(H,13,14). The van der Waals surface area contributed by atoms with Crippen LogP contribution < -0.4 is 5.32 Å². The van der Waals surface area contributed by atoms with Crippen LogP contribution in [-0.2, 0) is 4.79 Å². The second kappa shape index (κ2) is 9.64. The molecule has 0 saturated carbocycles. The summed E-state index contributed by atoms with van der Waals surface area (Å²) in [5.74, 6) is 0.959. The van der Waals surface area contributed by atoms with E-state index in [1.165, 1.54) is 0 Å². The van der Waals surface area contributed by atoms with Crippen molar-refractivity contribution in [2.75, 3.05) is 24.6 Å². The van der Waals surface area contributed by atoms with Crippen molar-refractivity contribution < 1.29 is 9.90 Å². The van der Waals surface area contributed by atoms with Gasteiger partial charge in [-0.2, -0.15) is 11.8 Å². The zero-order chi connectivity index (χ0) is 11.5. The fourth-order valence-electron chi connectivity index (χ4n) is 0.992. The van der Waals surface area contributed by atoms with Crippen LogP contribution in [0.5, 0.6) is 0 Å². The van der Waals surface area contributed by atoms with E-state index in [2.05, 4.69) is 15.3 Å². The molecule has 7 heteroatoms. The Morgan fingerprint density at radius 2 is 2.47 bits per heavy atom. The van der Waals surface area contributed by atoms with Crippen LogP contribution in [0.25, 0.3) is 10.4 Å². The molecule has 0 aliphatic rings. The predicted octanol–water partition coefficient (Wildman–Crippen LogP) is 1.48. The number of thioether (sulfide) groups is 1. The summed E-state index contributed by atoms with van der Waals surface area (Å²) in [5.41, 5.74) is 8.02. The van der Waals surface area contributed by atoms with E-state index >= 15 is 0 Å². The molecule has 0 saturated heterocycles. The van der Waals surface area contributed by atoms with E-state index in [0.717, 1.165) is 11.5 Å². The number of rotatable bonds is 9. The largest absolute Gasteiger partial charge is 0.480 e. The molecular formula is C8H16N4O2S. The summed E-state index contributed by atoms with van der Waals surface area (Å²) in [6, 6.07) is -0.544. The molecule has 0 aliphatic heterocycles. The lowest BCUT2D eigenvalue weighted by atomic mass is 10.2. The molecular weight excluding hydrogens is 216 g/mol. The highest BCUT2D eigenvalue weighted by Gasteiger charge is 2.15. The van der Waals surface area contributed by atoms with Crippen LogP contribution in [0.2, 0.25) is 0 Å². The fraction of sp³-hybridized carbons (Fsp3) is 0.875. The Bertz CT molecular complexity index is 231. The fourth-order valence-corrected chi connectivity index (χ4v) is 1.68. The van der Waals surface area contributed by atoms with Gasteiger partial charge in [0.05, 0.1) is 0 Å². The first-order valence-electron chi connectivity index (χ1n) is 4.77. The monoisotopic (exact) mass is 232 g/mol. The van der Waals surface area contributed by atoms with Crippen molar-refractivity contribution in [1.29, 1.82) is 0 Å². The number of hydrogen-bond acceptors (Lipinski definition) is 4. The van der Waals surface area contributed by atoms with E-state index in [4.69, 9.17) is 10.6 Å². The number of hydrogen-bond donors (Lipinski definition) is 2. The summed E-state index contributed by atoms with van der Waals surface area (Å²) in [7, 11) is 0. The van der Waals surface area contributed by atoms with Crippen molar-refractivity contribution in [3.8, 4) is 0 Å². The second-order valence-corrected chi connectivity index (χ2v) is 4.18. The van der Waals surface area contributed by atoms with E-state index in [1.807, 2.05) is 6.92 Å². The number of azide groups is 1. The van der Waals surface area contributed by atoms with Crippen molar-refractivity contribution in [1.82, 2.24) is 5.32 Å². The Morgan fingerprint density at radius 3 is 3.00 bits per heavy atom. The Balaban J connectivity index is 3.73. The van der Waals surface area contributed by atoms with E-state index < -0.39 is 12.0 Å². The van der Waals surface area contributed by atoms with Gasteiger partial charge < -0.3 is 10.4 Å². The van der Waals surface area contributed by atoms with Gasteiger partial charge in [-0.15, -0.1) is 0 Å². The normalized spacial score (nSPS) is 11.8. The van der Waals surface area contributed by atoms with Crippen LogP contribution in [0.15, 0.2) is 5.11 Å². The number of carboxylic acids is 1. The average Bonchev–Trinajstić information content (AvgIpc) is 2.21. The van der Waals surface area contributed by atoms with Gasteiger partial charge in [0, 0.05) is 18.0 Å². The Morgan fingerprint density at radius 1 is 1.73 bits per heavy atom. The summed E-state index contributed by atoms with van der Waals surface area (Å²) < 4.78 is 0. The molecule has 15 heavy (non-hydrogen) atoms. The van der Waals surface area contributed by atoms with Crippen LogP contribution in [-0.4, -0.2) is 41.7 Å². The molecule has 2 N–H and O–H groups in total. The summed E-state index contributed by atoms with van der Waals surface area (Å²) in [4.78, 5) is 13.4. The van der Waals surface area contributed by atoms with Crippen LogP contribution in [0, 0.1) is 0 Å². The third-order valence-corrected chi connectivity index (χ3v) is 2.65. The average molecular weight is 232 g/mol. The Kier molecular flexibility index (Phi) is 9.05. The van der Waals surface area contributed by atoms with E-state index in [9.17, 15) is 4.79 Å². The number of aliphatic carboxylic acids is 1. The molecule has 0 rings (SSSR count). The smallest absolute Gasteiger partial charge is 0.320 e. The summed E-state index contributed by atoms with van der Waals surface area (Å²) >= 11 is 1.71. The maximum absolute atomic E-state index is 10.8. The zero-order valence-electron chi connectivity index (χ0n) is 8.72. The van der Waals surface area contributed by atoms with Crippen molar-refractivity contribution in [2.45, 2.75) is 19.4 Å². The first-order valence-corrected chi connectivity index (χ1v) is 5.92. The molecule has 0 aromatic carbocycles. The van der Waals surface area contributed by atoms with Gasteiger partial charge in [0.15, 0.2) is 0 Å². The number of nitrogens with zero attached hydrogens (tertiary/aromatic N) is 3. The minimum Gasteiger partial charge on any atom is -0.480 e. The lowest BCUT2D eigenvalue weighted by molar-refractivity contribution is -0.139. The molecule has 0 aliphatic carbocycles. The number of nitrogens with one attached hydrogen (secondary N) is 1. The molecule has 0 radical (unpaired) electrons. The van der Waals surface area contributed by atoms with Gasteiger partial charge in [0.2, 0.25) is 0 Å². The van der Waals surface area contributed by atoms with E-state index in [1.54, 1.807) is 11.8 Å². The van der Waals surface area contributed by atoms with Crippen molar-refractivity contribution in [2.24, 2.45) is 5.11 Å². The zero-order valence-corrected chi connectivity index (χ0v) is 9.53. The maximum Gasteiger partial charge on any atom is 0.320 e. The topological polar surface area (TPSA) is 98.1 Å². The van der Waals surface area contributed by atoms with Crippen molar-refractivity contribution >= 4 is 17.7 Å². The summed E-state index contributed by atoms with van der Waals surface area (Å²) in [6.45, 7) is 2.72. The Hall–Kier alpha value is -0.910. The van der Waals surface area contributed by atoms with Gasteiger partial charge in [-0.3, -0.25) is 4.79 Å². The first kappa shape index (κ1) is 14.1. The molecule has 6 nitrogen and oxygen atoms in total. The van der Waals surface area contributed by atoms with Crippen molar-refractivity contribution in [3.05, 3.63) is 10.4 Å². The summed E-state index contributed by atoms with van der Waals surface area (Å²) in [6.07, 6.45) is 0.587. The molecule has 0 spiro atoms. The highest BCUT2D eigenvalue weighted by molar-refractivity contribution is 7.99. The molecule has 1 atom stereocenters. The molecule has 86 valence electrons. The third kappa shape index (κ3) is 8.11. The van der Waals surface area contributed by atoms with Crippen LogP contribution in [0.3, 0.4) is 0 Å². The molecule has 0 bridgehead atoms. The lowest BCUT2D eigenvalue weighted by Gasteiger charge is -2.12. The van der Waals surface area contributed by atoms with Crippen LogP contribution in [0.1, 0.15) is 13.3 Å². The van der Waals surface area contributed by atoms with Gasteiger partial charge >= 0.3 is 5.97 Å². The Labute approximate surface area is 93.1 Å². The lowest BCUT2D eigenvalue weighted by Crippen LogP contribution is -2.38. The van der Waals surface area contributed by atoms with E-state index in [-0.39, 0.29) is 6.54 Å².